The Balaban J connectivity index is 0. The van der Waals surface area contributed by atoms with Crippen LogP contribution in [0.25, 0.3) is 0 Å². The largest absolute Gasteiger partial charge is 1.00 e. The van der Waals surface area contributed by atoms with Gasteiger partial charge in [0.2, 0.25) is 0 Å². The molecule has 0 aliphatic rings. The molecule has 1 unspecified atom stereocenters. The molecule has 0 aliphatic carbocycles. The zero-order valence-corrected chi connectivity index (χ0v) is 17.9. The molecule has 0 aromatic heterocycles. The van der Waals surface area contributed by atoms with Crippen molar-refractivity contribution in [2.45, 2.75) is 25.6 Å². The van der Waals surface area contributed by atoms with Crippen LogP contribution in [0.1, 0.15) is 20.3 Å². The first-order chi connectivity index (χ1) is 9.12. The fourth-order valence-electron chi connectivity index (χ4n) is 1.11. The van der Waals surface area contributed by atoms with Gasteiger partial charge in [0.05, 0.1) is 27.5 Å². The van der Waals surface area contributed by atoms with Crippen LogP contribution in [-0.2, 0) is 19.6 Å². The van der Waals surface area contributed by atoms with Gasteiger partial charge >= 0.3 is 57.4 Å². The van der Waals surface area contributed by atoms with Crippen molar-refractivity contribution < 1.29 is 73.9 Å². The molecule has 0 aromatic rings. The summed E-state index contributed by atoms with van der Waals surface area (Å²) >= 11 is 6.85. The van der Waals surface area contributed by atoms with E-state index in [2.05, 4.69) is 4.84 Å². The average molecular weight is 387 g/mol. The Hall–Kier alpha value is 1.58. The van der Waals surface area contributed by atoms with Crippen LogP contribution in [0.3, 0.4) is 0 Å². The summed E-state index contributed by atoms with van der Waals surface area (Å²) in [6.07, 6.45) is -0.00451. The summed E-state index contributed by atoms with van der Waals surface area (Å²) in [7, 11) is -4.27. The van der Waals surface area contributed by atoms with E-state index in [9.17, 15) is 17.8 Å². The molecule has 0 saturated carbocycles. The van der Waals surface area contributed by atoms with Crippen molar-refractivity contribution in [3.8, 4) is 0 Å². The van der Waals surface area contributed by atoms with E-state index in [1.165, 1.54) is 11.8 Å². The van der Waals surface area contributed by atoms with E-state index < -0.39 is 27.3 Å². The molecule has 120 valence electrons. The van der Waals surface area contributed by atoms with E-state index in [1.807, 2.05) is 0 Å². The van der Waals surface area contributed by atoms with Crippen molar-refractivity contribution in [2.24, 2.45) is 11.1 Å². The predicted octanol–water partition coefficient (Wildman–Crippen LogP) is -2.74. The number of rotatable bonds is 10. The Bertz CT molecular complexity index is 404. The number of nitrogens with one attached hydrogen (secondary N) is 1. The normalized spacial score (nSPS) is 13.4. The zero-order chi connectivity index (χ0) is 15.8. The van der Waals surface area contributed by atoms with Crippen molar-refractivity contribution in [1.82, 2.24) is 4.84 Å². The molecule has 0 aliphatic heterocycles. The molecule has 0 bridgehead atoms. The Morgan fingerprint density at radius 2 is 2.10 bits per heavy atom. The average Bonchev–Trinajstić information content (AvgIpc) is 2.34. The molecule has 3 N–H and O–H groups in total. The van der Waals surface area contributed by atoms with E-state index in [0.29, 0.717) is 12.3 Å². The quantitative estimate of drug-likeness (QED) is 0.103. The molecule has 11 heteroatoms. The Morgan fingerprint density at radius 1 is 1.52 bits per heavy atom. The van der Waals surface area contributed by atoms with E-state index in [1.54, 1.807) is 13.8 Å². The molecule has 7 nitrogen and oxygen atoms in total. The van der Waals surface area contributed by atoms with Crippen LogP contribution in [0.2, 0.25) is 0 Å². The van der Waals surface area contributed by atoms with Gasteiger partial charge in [-0.2, -0.15) is 0 Å². The minimum atomic E-state index is -4.27. The number of nitrogens with two attached hydrogens (primary N) is 1. The van der Waals surface area contributed by atoms with Crippen molar-refractivity contribution >= 4 is 39.6 Å². The van der Waals surface area contributed by atoms with Gasteiger partial charge in [-0.15, -0.1) is 11.8 Å². The van der Waals surface area contributed by atoms with Crippen LogP contribution in [0.4, 0.5) is 0 Å². The smallest absolute Gasteiger partial charge is 0.748 e. The van der Waals surface area contributed by atoms with Crippen molar-refractivity contribution in [3.63, 3.8) is 0 Å². The summed E-state index contributed by atoms with van der Waals surface area (Å²) < 4.78 is 36.1. The Labute approximate surface area is 177 Å². The molecule has 1 atom stereocenters. The van der Waals surface area contributed by atoms with E-state index in [4.69, 9.17) is 22.2 Å². The third-order valence-corrected chi connectivity index (χ3v) is 5.09. The molecule has 0 spiro atoms. The standard InChI is InChI=1S/C10H21ClN2O5S2.K/c1-10(2,7-19-8(6-12)13-11)9(14)18-4-3-5-20(15,16)17;/h8,13H,3-7,12H2,1-2H3,(H,15,16,17);/q;+1/p-1. The minimum Gasteiger partial charge on any atom is -0.748 e. The summed E-state index contributed by atoms with van der Waals surface area (Å²) in [6, 6.07) is 0. The first kappa shape index (κ1) is 24.8. The van der Waals surface area contributed by atoms with Crippen molar-refractivity contribution in [1.29, 1.82) is 0 Å². The van der Waals surface area contributed by atoms with Crippen LogP contribution in [0.5, 0.6) is 0 Å². The Kier molecular flexibility index (Phi) is 14.2. The number of hydrogen-bond acceptors (Lipinski definition) is 8. The minimum absolute atomic E-state index is 0. The second-order valence-corrected chi connectivity index (χ2v) is 7.71. The van der Waals surface area contributed by atoms with Crippen LogP contribution in [0, 0.1) is 5.41 Å². The number of halogens is 1. The maximum Gasteiger partial charge on any atom is 1.00 e. The fourth-order valence-corrected chi connectivity index (χ4v) is 2.79. The first-order valence-corrected chi connectivity index (χ1v) is 8.91. The predicted molar refractivity (Wildman–Crippen MR) is 78.2 cm³/mol. The molecule has 21 heavy (non-hydrogen) atoms. The van der Waals surface area contributed by atoms with Gasteiger partial charge in [0.15, 0.2) is 0 Å². The molecule has 0 rings (SSSR count). The summed E-state index contributed by atoms with van der Waals surface area (Å²) in [4.78, 5) is 14.3. The molecule has 0 fully saturated rings. The van der Waals surface area contributed by atoms with Gasteiger partial charge in [0, 0.05) is 18.1 Å². The van der Waals surface area contributed by atoms with E-state index >= 15 is 0 Å². The van der Waals surface area contributed by atoms with E-state index in [-0.39, 0.29) is 69.8 Å². The molecular weight excluding hydrogens is 367 g/mol. The third kappa shape index (κ3) is 12.6. The van der Waals surface area contributed by atoms with Gasteiger partial charge in [-0.05, 0) is 32.0 Å². The van der Waals surface area contributed by atoms with Crippen LogP contribution in [0.15, 0.2) is 0 Å². The maximum atomic E-state index is 11.8. The van der Waals surface area contributed by atoms with Crippen molar-refractivity contribution in [2.75, 3.05) is 24.7 Å². The summed E-state index contributed by atoms with van der Waals surface area (Å²) in [5.74, 6) is -0.563. The molecule has 0 saturated heterocycles. The fraction of sp³-hybridized carbons (Fsp3) is 0.900. The monoisotopic (exact) mass is 386 g/mol. The van der Waals surface area contributed by atoms with Gasteiger partial charge in [-0.3, -0.25) is 4.79 Å². The molecule has 0 radical (unpaired) electrons. The number of ether oxygens (including phenoxy) is 1. The van der Waals surface area contributed by atoms with Crippen LogP contribution < -0.4 is 62.0 Å². The number of thioether (sulfide) groups is 1. The SMILES string of the molecule is CC(C)(CSC(CN)NCl)C(=O)OCCCS(=O)(=O)[O-].[K+]. The summed E-state index contributed by atoms with van der Waals surface area (Å²) in [6.45, 7) is 3.63. The Morgan fingerprint density at radius 3 is 2.52 bits per heavy atom. The second-order valence-electron chi connectivity index (χ2n) is 4.78. The van der Waals surface area contributed by atoms with E-state index in [0.717, 1.165) is 0 Å². The maximum absolute atomic E-state index is 11.8. The number of carbonyl (C=O) groups excluding carboxylic acids is 1. The summed E-state index contributed by atoms with van der Waals surface area (Å²) in [5, 5.41) is -0.172. The zero-order valence-electron chi connectivity index (χ0n) is 12.4. The third-order valence-electron chi connectivity index (χ3n) is 2.31. The molecular formula is C10H20ClKN2O5S2. The first-order valence-electron chi connectivity index (χ1n) is 5.91. The van der Waals surface area contributed by atoms with Gasteiger partial charge in [0.25, 0.3) is 0 Å². The summed E-state index contributed by atoms with van der Waals surface area (Å²) in [5.41, 5.74) is 4.70. The van der Waals surface area contributed by atoms with Crippen LogP contribution in [-0.4, -0.2) is 49.0 Å². The molecule has 0 heterocycles. The number of esters is 1. The second kappa shape index (κ2) is 12.0. The number of hydrogen-bond donors (Lipinski definition) is 2. The number of carbonyl (C=O) groups is 1. The van der Waals surface area contributed by atoms with Gasteiger partial charge < -0.3 is 15.0 Å². The van der Waals surface area contributed by atoms with Crippen LogP contribution >= 0.6 is 23.5 Å². The molecule has 0 amide bonds. The van der Waals surface area contributed by atoms with Gasteiger partial charge in [-0.25, -0.2) is 13.3 Å². The van der Waals surface area contributed by atoms with Crippen molar-refractivity contribution in [3.05, 3.63) is 0 Å². The van der Waals surface area contributed by atoms with Gasteiger partial charge in [-0.1, -0.05) is 0 Å². The topological polar surface area (TPSA) is 122 Å². The molecule has 0 aromatic carbocycles. The van der Waals surface area contributed by atoms with Gasteiger partial charge in [0.1, 0.15) is 0 Å².